The molecule has 5 nitrogen and oxygen atoms in total. The Bertz CT molecular complexity index is 1000. The van der Waals surface area contributed by atoms with Gasteiger partial charge in [0.2, 0.25) is 0 Å². The SMILES string of the molecule is Cc1ccc(CNC(=O)N2CC=C(c3cn(C)c4ncccc34)CC2)cc1. The van der Waals surface area contributed by atoms with Crippen LogP contribution in [0.25, 0.3) is 16.6 Å². The summed E-state index contributed by atoms with van der Waals surface area (Å²) >= 11 is 0. The van der Waals surface area contributed by atoms with E-state index in [1.54, 1.807) is 0 Å². The lowest BCUT2D eigenvalue weighted by Crippen LogP contribution is -2.41. The first-order chi connectivity index (χ1) is 13.1. The van der Waals surface area contributed by atoms with Crippen molar-refractivity contribution in [2.75, 3.05) is 13.1 Å². The van der Waals surface area contributed by atoms with E-state index in [9.17, 15) is 4.79 Å². The molecule has 1 aliphatic heterocycles. The molecule has 1 aliphatic rings. The molecule has 1 N–H and O–H groups in total. The molecular weight excluding hydrogens is 336 g/mol. The first kappa shape index (κ1) is 17.3. The average molecular weight is 360 g/mol. The van der Waals surface area contributed by atoms with E-state index >= 15 is 0 Å². The Morgan fingerprint density at radius 1 is 1.22 bits per heavy atom. The number of aryl methyl sites for hydroxylation is 2. The van der Waals surface area contributed by atoms with Crippen LogP contribution in [0.1, 0.15) is 23.1 Å². The highest BCUT2D eigenvalue weighted by Crippen LogP contribution is 2.29. The van der Waals surface area contributed by atoms with E-state index in [1.807, 2.05) is 24.2 Å². The van der Waals surface area contributed by atoms with Crippen molar-refractivity contribution in [2.24, 2.45) is 7.05 Å². The standard InChI is InChI=1S/C22H24N4O/c1-16-5-7-17(8-6-16)14-24-22(27)26-12-9-18(10-13-26)20-15-25(2)21-19(20)4-3-11-23-21/h3-9,11,15H,10,12-14H2,1-2H3,(H,24,27). The zero-order valence-corrected chi connectivity index (χ0v) is 15.8. The summed E-state index contributed by atoms with van der Waals surface area (Å²) in [5.41, 5.74) is 5.84. The number of amides is 2. The number of nitrogens with zero attached hydrogens (tertiary/aromatic N) is 3. The predicted octanol–water partition coefficient (Wildman–Crippen LogP) is 3.88. The third-order valence-corrected chi connectivity index (χ3v) is 5.14. The van der Waals surface area contributed by atoms with Crippen molar-refractivity contribution in [1.82, 2.24) is 19.8 Å². The fourth-order valence-electron chi connectivity index (χ4n) is 3.56. The summed E-state index contributed by atoms with van der Waals surface area (Å²) in [6.45, 7) is 3.97. The first-order valence-corrected chi connectivity index (χ1v) is 9.29. The Morgan fingerprint density at radius 3 is 2.78 bits per heavy atom. The second kappa shape index (κ2) is 7.27. The van der Waals surface area contributed by atoms with Crippen LogP contribution in [0.4, 0.5) is 4.79 Å². The molecule has 4 rings (SSSR count). The molecular formula is C22H24N4O. The van der Waals surface area contributed by atoms with Crippen molar-refractivity contribution >= 4 is 22.6 Å². The van der Waals surface area contributed by atoms with Crippen LogP contribution in [0.2, 0.25) is 0 Å². The van der Waals surface area contributed by atoms with Gasteiger partial charge in [-0.25, -0.2) is 9.78 Å². The lowest BCUT2D eigenvalue weighted by atomic mass is 10.00. The van der Waals surface area contributed by atoms with E-state index in [0.717, 1.165) is 24.2 Å². The summed E-state index contributed by atoms with van der Waals surface area (Å²) in [4.78, 5) is 18.8. The van der Waals surface area contributed by atoms with Crippen LogP contribution in [0, 0.1) is 6.92 Å². The summed E-state index contributed by atoms with van der Waals surface area (Å²) in [5, 5.41) is 4.19. The van der Waals surface area contributed by atoms with E-state index in [0.29, 0.717) is 13.1 Å². The van der Waals surface area contributed by atoms with E-state index in [1.165, 1.54) is 22.1 Å². The molecule has 0 aliphatic carbocycles. The maximum Gasteiger partial charge on any atom is 0.317 e. The molecule has 0 atom stereocenters. The number of aromatic nitrogens is 2. The van der Waals surface area contributed by atoms with Crippen LogP contribution in [-0.2, 0) is 13.6 Å². The monoisotopic (exact) mass is 360 g/mol. The van der Waals surface area contributed by atoms with Crippen LogP contribution in [0.3, 0.4) is 0 Å². The van der Waals surface area contributed by atoms with Crippen molar-refractivity contribution < 1.29 is 4.79 Å². The fraction of sp³-hybridized carbons (Fsp3) is 0.273. The Morgan fingerprint density at radius 2 is 2.04 bits per heavy atom. The molecule has 1 aromatic carbocycles. The highest BCUT2D eigenvalue weighted by atomic mass is 16.2. The summed E-state index contributed by atoms with van der Waals surface area (Å²) in [6, 6.07) is 12.3. The molecule has 0 saturated heterocycles. The van der Waals surface area contributed by atoms with Gasteiger partial charge < -0.3 is 14.8 Å². The van der Waals surface area contributed by atoms with E-state index in [2.05, 4.69) is 64.4 Å². The number of hydrogen-bond donors (Lipinski definition) is 1. The van der Waals surface area contributed by atoms with Crippen molar-refractivity contribution in [2.45, 2.75) is 19.9 Å². The first-order valence-electron chi connectivity index (χ1n) is 9.29. The topological polar surface area (TPSA) is 50.2 Å². The van der Waals surface area contributed by atoms with Gasteiger partial charge in [0.15, 0.2) is 0 Å². The van der Waals surface area contributed by atoms with E-state index in [4.69, 9.17) is 0 Å². The van der Waals surface area contributed by atoms with Crippen LogP contribution in [0.15, 0.2) is 54.9 Å². The molecule has 27 heavy (non-hydrogen) atoms. The molecule has 2 aromatic heterocycles. The third kappa shape index (κ3) is 3.58. The minimum absolute atomic E-state index is 0.00883. The van der Waals surface area contributed by atoms with Crippen molar-refractivity contribution in [3.63, 3.8) is 0 Å². The van der Waals surface area contributed by atoms with Gasteiger partial charge in [-0.1, -0.05) is 35.9 Å². The van der Waals surface area contributed by atoms with Gasteiger partial charge in [0.25, 0.3) is 0 Å². The molecule has 5 heteroatoms. The molecule has 0 unspecified atom stereocenters. The molecule has 0 saturated carbocycles. The Hall–Kier alpha value is -3.08. The van der Waals surface area contributed by atoms with Crippen molar-refractivity contribution in [1.29, 1.82) is 0 Å². The highest BCUT2D eigenvalue weighted by molar-refractivity contribution is 5.91. The molecule has 0 radical (unpaired) electrons. The fourth-order valence-corrected chi connectivity index (χ4v) is 3.56. The number of benzene rings is 1. The van der Waals surface area contributed by atoms with Crippen molar-refractivity contribution in [3.05, 3.63) is 71.6 Å². The molecule has 0 fully saturated rings. The zero-order valence-electron chi connectivity index (χ0n) is 15.8. The van der Waals surface area contributed by atoms with Gasteiger partial charge in [-0.05, 0) is 36.6 Å². The number of hydrogen-bond acceptors (Lipinski definition) is 2. The lowest BCUT2D eigenvalue weighted by molar-refractivity contribution is 0.202. The largest absolute Gasteiger partial charge is 0.335 e. The second-order valence-electron chi connectivity index (χ2n) is 7.10. The van der Waals surface area contributed by atoms with Crippen LogP contribution in [-0.4, -0.2) is 33.6 Å². The molecule has 3 heterocycles. The average Bonchev–Trinajstić information content (AvgIpc) is 3.04. The van der Waals surface area contributed by atoms with Gasteiger partial charge in [-0.15, -0.1) is 0 Å². The summed E-state index contributed by atoms with van der Waals surface area (Å²) in [7, 11) is 2.02. The summed E-state index contributed by atoms with van der Waals surface area (Å²) < 4.78 is 2.06. The van der Waals surface area contributed by atoms with Gasteiger partial charge >= 0.3 is 6.03 Å². The van der Waals surface area contributed by atoms with Gasteiger partial charge in [0, 0.05) is 50.0 Å². The number of fused-ring (bicyclic) bond motifs is 1. The lowest BCUT2D eigenvalue weighted by Gasteiger charge is -2.26. The van der Waals surface area contributed by atoms with E-state index in [-0.39, 0.29) is 6.03 Å². The number of carbonyl (C=O) groups excluding carboxylic acids is 1. The second-order valence-corrected chi connectivity index (χ2v) is 7.10. The minimum atomic E-state index is -0.00883. The van der Waals surface area contributed by atoms with Crippen LogP contribution in [0.5, 0.6) is 0 Å². The normalized spacial score (nSPS) is 14.3. The Kier molecular flexibility index (Phi) is 4.67. The molecule has 3 aromatic rings. The van der Waals surface area contributed by atoms with Gasteiger partial charge in [-0.3, -0.25) is 0 Å². The quantitative estimate of drug-likeness (QED) is 0.771. The predicted molar refractivity (Wildman–Crippen MR) is 108 cm³/mol. The number of pyridine rings is 1. The smallest absolute Gasteiger partial charge is 0.317 e. The molecule has 138 valence electrons. The summed E-state index contributed by atoms with van der Waals surface area (Å²) in [6.07, 6.45) is 6.97. The maximum atomic E-state index is 12.5. The number of nitrogens with one attached hydrogen (secondary N) is 1. The number of carbonyl (C=O) groups is 1. The van der Waals surface area contributed by atoms with Crippen LogP contribution < -0.4 is 5.32 Å². The van der Waals surface area contributed by atoms with Crippen molar-refractivity contribution in [3.8, 4) is 0 Å². The maximum absolute atomic E-state index is 12.5. The van der Waals surface area contributed by atoms with Gasteiger partial charge in [0.1, 0.15) is 5.65 Å². The number of rotatable bonds is 3. The highest BCUT2D eigenvalue weighted by Gasteiger charge is 2.20. The minimum Gasteiger partial charge on any atom is -0.335 e. The van der Waals surface area contributed by atoms with Crippen LogP contribution >= 0.6 is 0 Å². The molecule has 0 bridgehead atoms. The van der Waals surface area contributed by atoms with Gasteiger partial charge in [-0.2, -0.15) is 0 Å². The zero-order chi connectivity index (χ0) is 18.8. The molecule has 2 amide bonds. The Labute approximate surface area is 159 Å². The van der Waals surface area contributed by atoms with E-state index < -0.39 is 0 Å². The summed E-state index contributed by atoms with van der Waals surface area (Å²) in [5.74, 6) is 0. The third-order valence-electron chi connectivity index (χ3n) is 5.14. The van der Waals surface area contributed by atoms with Gasteiger partial charge in [0.05, 0.1) is 0 Å². The number of urea groups is 1. The Balaban J connectivity index is 1.42. The molecule has 0 spiro atoms.